The van der Waals surface area contributed by atoms with Crippen LogP contribution in [0.15, 0.2) is 48.5 Å². The molecule has 0 spiro atoms. The SMILES string of the molecule is O=C1CC(c2ccc(Cl)cc2)c2ccccc2N1. The molecule has 18 heavy (non-hydrogen) atoms. The van der Waals surface area contributed by atoms with Crippen LogP contribution in [0.3, 0.4) is 0 Å². The zero-order chi connectivity index (χ0) is 12.5. The van der Waals surface area contributed by atoms with Crippen LogP contribution in [-0.4, -0.2) is 5.91 Å². The van der Waals surface area contributed by atoms with Crippen LogP contribution in [0.4, 0.5) is 5.69 Å². The molecule has 1 amide bonds. The Morgan fingerprint density at radius 1 is 1.06 bits per heavy atom. The molecule has 1 N–H and O–H groups in total. The van der Waals surface area contributed by atoms with Crippen LogP contribution in [0.2, 0.25) is 5.02 Å². The number of nitrogens with one attached hydrogen (secondary N) is 1. The van der Waals surface area contributed by atoms with Crippen molar-refractivity contribution in [1.82, 2.24) is 0 Å². The van der Waals surface area contributed by atoms with Gasteiger partial charge in [0, 0.05) is 23.0 Å². The number of hydrogen-bond acceptors (Lipinski definition) is 1. The summed E-state index contributed by atoms with van der Waals surface area (Å²) >= 11 is 5.90. The quantitative estimate of drug-likeness (QED) is 0.827. The van der Waals surface area contributed by atoms with Gasteiger partial charge in [-0.25, -0.2) is 0 Å². The molecule has 1 aliphatic rings. The Balaban J connectivity index is 2.07. The number of para-hydroxylation sites is 1. The fourth-order valence-electron chi connectivity index (χ4n) is 2.40. The molecule has 1 aliphatic heterocycles. The molecule has 1 unspecified atom stereocenters. The smallest absolute Gasteiger partial charge is 0.225 e. The predicted molar refractivity (Wildman–Crippen MR) is 73.0 cm³/mol. The van der Waals surface area contributed by atoms with Crippen LogP contribution >= 0.6 is 11.6 Å². The summed E-state index contributed by atoms with van der Waals surface area (Å²) in [4.78, 5) is 11.7. The number of amides is 1. The summed E-state index contributed by atoms with van der Waals surface area (Å²) in [5, 5.41) is 3.62. The van der Waals surface area contributed by atoms with Gasteiger partial charge in [-0.1, -0.05) is 41.9 Å². The van der Waals surface area contributed by atoms with Gasteiger partial charge >= 0.3 is 0 Å². The normalized spacial score (nSPS) is 18.1. The summed E-state index contributed by atoms with van der Waals surface area (Å²) in [6, 6.07) is 15.6. The van der Waals surface area contributed by atoms with E-state index in [-0.39, 0.29) is 11.8 Å². The third-order valence-electron chi connectivity index (χ3n) is 3.27. The van der Waals surface area contributed by atoms with Crippen molar-refractivity contribution in [2.45, 2.75) is 12.3 Å². The minimum absolute atomic E-state index is 0.0636. The second kappa shape index (κ2) is 4.46. The number of anilines is 1. The zero-order valence-corrected chi connectivity index (χ0v) is 10.4. The highest BCUT2D eigenvalue weighted by atomic mass is 35.5. The van der Waals surface area contributed by atoms with Gasteiger partial charge in [-0.15, -0.1) is 0 Å². The Morgan fingerprint density at radius 3 is 2.56 bits per heavy atom. The summed E-state index contributed by atoms with van der Waals surface area (Å²) in [7, 11) is 0. The molecule has 0 saturated carbocycles. The van der Waals surface area contributed by atoms with Gasteiger partial charge in [0.1, 0.15) is 0 Å². The molecule has 0 radical (unpaired) electrons. The van der Waals surface area contributed by atoms with E-state index < -0.39 is 0 Å². The Bertz CT molecular complexity index is 592. The van der Waals surface area contributed by atoms with E-state index in [2.05, 4.69) is 11.4 Å². The lowest BCUT2D eigenvalue weighted by Gasteiger charge is -2.25. The molecular formula is C15H12ClNO. The second-order valence-corrected chi connectivity index (χ2v) is 4.88. The fourth-order valence-corrected chi connectivity index (χ4v) is 2.53. The summed E-state index contributed by atoms with van der Waals surface area (Å²) in [6.07, 6.45) is 0.485. The van der Waals surface area contributed by atoms with Crippen molar-refractivity contribution in [3.05, 3.63) is 64.7 Å². The summed E-state index contributed by atoms with van der Waals surface area (Å²) in [5.41, 5.74) is 3.20. The molecule has 1 heterocycles. The Hall–Kier alpha value is -1.80. The topological polar surface area (TPSA) is 29.1 Å². The summed E-state index contributed by atoms with van der Waals surface area (Å²) in [5.74, 6) is 0.181. The van der Waals surface area contributed by atoms with E-state index in [1.807, 2.05) is 42.5 Å². The van der Waals surface area contributed by atoms with E-state index in [1.54, 1.807) is 0 Å². The Kier molecular flexibility index (Phi) is 2.80. The van der Waals surface area contributed by atoms with Gasteiger partial charge in [0.15, 0.2) is 0 Å². The van der Waals surface area contributed by atoms with E-state index in [4.69, 9.17) is 11.6 Å². The lowest BCUT2D eigenvalue weighted by molar-refractivity contribution is -0.116. The number of halogens is 1. The maximum atomic E-state index is 11.7. The first-order valence-corrected chi connectivity index (χ1v) is 6.26. The molecule has 90 valence electrons. The maximum Gasteiger partial charge on any atom is 0.225 e. The monoisotopic (exact) mass is 257 g/mol. The van der Waals surface area contributed by atoms with E-state index >= 15 is 0 Å². The van der Waals surface area contributed by atoms with Crippen LogP contribution in [0.1, 0.15) is 23.5 Å². The van der Waals surface area contributed by atoms with Gasteiger partial charge in [0.2, 0.25) is 5.91 Å². The van der Waals surface area contributed by atoms with Gasteiger partial charge in [-0.05, 0) is 29.3 Å². The van der Waals surface area contributed by atoms with E-state index in [1.165, 1.54) is 5.56 Å². The zero-order valence-electron chi connectivity index (χ0n) is 9.69. The molecule has 3 heteroatoms. The lowest BCUT2D eigenvalue weighted by Crippen LogP contribution is -2.23. The van der Waals surface area contributed by atoms with Crippen molar-refractivity contribution in [2.75, 3.05) is 5.32 Å². The molecule has 0 aliphatic carbocycles. The van der Waals surface area contributed by atoms with Gasteiger partial charge < -0.3 is 5.32 Å². The molecule has 0 fully saturated rings. The van der Waals surface area contributed by atoms with Gasteiger partial charge in [-0.2, -0.15) is 0 Å². The van der Waals surface area contributed by atoms with Crippen molar-refractivity contribution < 1.29 is 4.79 Å². The highest BCUT2D eigenvalue weighted by Crippen LogP contribution is 2.36. The Labute approximate surface area is 111 Å². The molecule has 0 aromatic heterocycles. The average Bonchev–Trinajstić information content (AvgIpc) is 2.38. The molecule has 2 aromatic rings. The number of fused-ring (bicyclic) bond motifs is 1. The van der Waals surface area contributed by atoms with Gasteiger partial charge in [-0.3, -0.25) is 4.79 Å². The Morgan fingerprint density at radius 2 is 1.78 bits per heavy atom. The fraction of sp³-hybridized carbons (Fsp3) is 0.133. The standard InChI is InChI=1S/C15H12ClNO/c16-11-7-5-10(6-8-11)13-9-15(18)17-14-4-2-1-3-12(13)14/h1-8,13H,9H2,(H,17,18). The third kappa shape index (κ3) is 2.00. The second-order valence-electron chi connectivity index (χ2n) is 4.44. The summed E-state index contributed by atoms with van der Waals surface area (Å²) < 4.78 is 0. The van der Waals surface area contributed by atoms with Crippen LogP contribution in [0.5, 0.6) is 0 Å². The number of carbonyl (C=O) groups is 1. The molecule has 0 bridgehead atoms. The van der Waals surface area contributed by atoms with E-state index in [9.17, 15) is 4.79 Å². The van der Waals surface area contributed by atoms with E-state index in [0.717, 1.165) is 11.3 Å². The highest BCUT2D eigenvalue weighted by molar-refractivity contribution is 6.30. The van der Waals surface area contributed by atoms with E-state index in [0.29, 0.717) is 11.4 Å². The number of hydrogen-bond donors (Lipinski definition) is 1. The summed E-state index contributed by atoms with van der Waals surface area (Å²) in [6.45, 7) is 0. The van der Waals surface area contributed by atoms with Crippen LogP contribution in [0.25, 0.3) is 0 Å². The number of benzene rings is 2. The molecule has 3 rings (SSSR count). The van der Waals surface area contributed by atoms with Crippen molar-refractivity contribution in [3.63, 3.8) is 0 Å². The minimum atomic E-state index is 0.0636. The maximum absolute atomic E-state index is 11.7. The number of carbonyl (C=O) groups excluding carboxylic acids is 1. The molecular weight excluding hydrogens is 246 g/mol. The average molecular weight is 258 g/mol. The minimum Gasteiger partial charge on any atom is -0.326 e. The van der Waals surface area contributed by atoms with Crippen molar-refractivity contribution in [2.24, 2.45) is 0 Å². The highest BCUT2D eigenvalue weighted by Gasteiger charge is 2.25. The van der Waals surface area contributed by atoms with Crippen LogP contribution in [-0.2, 0) is 4.79 Å². The molecule has 2 aromatic carbocycles. The van der Waals surface area contributed by atoms with Gasteiger partial charge in [0.25, 0.3) is 0 Å². The first kappa shape index (κ1) is 11.3. The van der Waals surface area contributed by atoms with Crippen molar-refractivity contribution in [1.29, 1.82) is 0 Å². The first-order valence-electron chi connectivity index (χ1n) is 5.88. The van der Waals surface area contributed by atoms with Crippen molar-refractivity contribution >= 4 is 23.2 Å². The lowest BCUT2D eigenvalue weighted by atomic mass is 9.85. The van der Waals surface area contributed by atoms with Crippen LogP contribution in [0, 0.1) is 0 Å². The van der Waals surface area contributed by atoms with Crippen molar-refractivity contribution in [3.8, 4) is 0 Å². The predicted octanol–water partition coefficient (Wildman–Crippen LogP) is 3.81. The molecule has 0 saturated heterocycles. The van der Waals surface area contributed by atoms with Crippen LogP contribution < -0.4 is 5.32 Å². The van der Waals surface area contributed by atoms with Gasteiger partial charge in [0.05, 0.1) is 0 Å². The molecule has 2 nitrogen and oxygen atoms in total. The molecule has 1 atom stereocenters. The third-order valence-corrected chi connectivity index (χ3v) is 3.52. The first-order chi connectivity index (χ1) is 8.74. The largest absolute Gasteiger partial charge is 0.326 e. The number of rotatable bonds is 1.